The number of oxazole rings is 1. The van der Waals surface area contributed by atoms with Crippen LogP contribution in [0.15, 0.2) is 28.7 Å². The van der Waals surface area contributed by atoms with Crippen molar-refractivity contribution in [3.05, 3.63) is 27.8 Å². The maximum atomic E-state index is 6.01. The Hall–Kier alpha value is -1.50. The van der Waals surface area contributed by atoms with Gasteiger partial charge in [0, 0.05) is 14.3 Å². The summed E-state index contributed by atoms with van der Waals surface area (Å²) in [6.07, 6.45) is 0. The number of anilines is 2. The van der Waals surface area contributed by atoms with Crippen molar-refractivity contribution in [2.24, 2.45) is 0 Å². The highest BCUT2D eigenvalue weighted by Gasteiger charge is 2.14. The van der Waals surface area contributed by atoms with E-state index in [4.69, 9.17) is 15.9 Å². The van der Waals surface area contributed by atoms with Crippen molar-refractivity contribution in [2.75, 3.05) is 11.5 Å². The summed E-state index contributed by atoms with van der Waals surface area (Å²) >= 11 is 2.21. The molecule has 0 radical (unpaired) electrons. The van der Waals surface area contributed by atoms with E-state index in [-0.39, 0.29) is 6.01 Å². The van der Waals surface area contributed by atoms with Gasteiger partial charge in [0.25, 0.3) is 6.01 Å². The fourth-order valence-corrected chi connectivity index (χ4v) is 2.55. The van der Waals surface area contributed by atoms with E-state index in [0.29, 0.717) is 16.8 Å². The maximum absolute atomic E-state index is 6.01. The second-order valence-electron chi connectivity index (χ2n) is 3.50. The van der Waals surface area contributed by atoms with E-state index < -0.39 is 0 Å². The summed E-state index contributed by atoms with van der Waals surface area (Å²) in [5.74, 6) is 0. The van der Waals surface area contributed by atoms with E-state index in [9.17, 15) is 0 Å². The van der Waals surface area contributed by atoms with Gasteiger partial charge in [-0.3, -0.25) is 0 Å². The second kappa shape index (κ2) is 3.24. The summed E-state index contributed by atoms with van der Waals surface area (Å²) in [4.78, 5) is 4.10. The van der Waals surface area contributed by atoms with Crippen LogP contribution in [-0.2, 0) is 0 Å². The first kappa shape index (κ1) is 9.71. The quantitative estimate of drug-likeness (QED) is 0.492. The number of hydrogen-bond donors (Lipinski definition) is 2. The summed E-state index contributed by atoms with van der Waals surface area (Å²) < 4.78 is 6.38. The number of nitrogens with zero attached hydrogens (tertiary/aromatic N) is 1. The van der Waals surface area contributed by atoms with Crippen molar-refractivity contribution in [3.63, 3.8) is 0 Å². The number of nitrogen functional groups attached to an aromatic ring is 2. The predicted octanol–water partition coefficient (Wildman–Crippen LogP) is 2.75. The van der Waals surface area contributed by atoms with E-state index in [1.165, 1.54) is 0 Å². The monoisotopic (exact) mass is 325 g/mol. The first-order valence-corrected chi connectivity index (χ1v) is 5.78. The molecule has 4 N–H and O–H groups in total. The highest BCUT2D eigenvalue weighted by molar-refractivity contribution is 14.1. The van der Waals surface area contributed by atoms with Crippen molar-refractivity contribution in [1.29, 1.82) is 0 Å². The second-order valence-corrected chi connectivity index (χ2v) is 4.58. The average Bonchev–Trinajstić information content (AvgIpc) is 2.68. The molecular formula is C11H8IN3O. The molecular weight excluding hydrogens is 317 g/mol. The van der Waals surface area contributed by atoms with Gasteiger partial charge >= 0.3 is 0 Å². The van der Waals surface area contributed by atoms with Gasteiger partial charge in [0.2, 0.25) is 0 Å². The Morgan fingerprint density at radius 1 is 1.12 bits per heavy atom. The molecule has 0 aliphatic rings. The van der Waals surface area contributed by atoms with Crippen LogP contribution in [0.3, 0.4) is 0 Å². The first-order chi connectivity index (χ1) is 7.68. The van der Waals surface area contributed by atoms with E-state index >= 15 is 0 Å². The van der Waals surface area contributed by atoms with Gasteiger partial charge in [0.15, 0.2) is 5.58 Å². The molecule has 0 atom stereocenters. The van der Waals surface area contributed by atoms with Gasteiger partial charge in [0.05, 0.1) is 5.69 Å². The Labute approximate surface area is 105 Å². The van der Waals surface area contributed by atoms with Gasteiger partial charge in [-0.25, -0.2) is 0 Å². The van der Waals surface area contributed by atoms with Gasteiger partial charge < -0.3 is 15.9 Å². The number of halogens is 1. The van der Waals surface area contributed by atoms with Crippen LogP contribution < -0.4 is 11.5 Å². The lowest BCUT2D eigenvalue weighted by atomic mass is 10.1. The summed E-state index contributed by atoms with van der Waals surface area (Å²) in [5, 5.41) is 2.05. The molecule has 3 rings (SSSR count). The minimum absolute atomic E-state index is 0.147. The number of fused-ring (bicyclic) bond motifs is 3. The van der Waals surface area contributed by atoms with Crippen LogP contribution in [-0.4, -0.2) is 4.98 Å². The molecule has 0 spiro atoms. The third-order valence-electron chi connectivity index (χ3n) is 2.54. The van der Waals surface area contributed by atoms with Crippen molar-refractivity contribution in [1.82, 2.24) is 4.98 Å². The van der Waals surface area contributed by atoms with Gasteiger partial charge in [-0.05, 0) is 22.6 Å². The summed E-state index contributed by atoms with van der Waals surface area (Å²) in [5.41, 5.74) is 13.5. The summed E-state index contributed by atoms with van der Waals surface area (Å²) in [7, 11) is 0. The van der Waals surface area contributed by atoms with Gasteiger partial charge in [-0.1, -0.05) is 24.3 Å². The standard InChI is InChI=1S/C11H8IN3O/c12-7-5-3-1-2-4-6(5)10-9(8(7)13)15-11(14)16-10/h1-4H,13H2,(H2,14,15). The minimum Gasteiger partial charge on any atom is -0.423 e. The van der Waals surface area contributed by atoms with E-state index in [2.05, 4.69) is 27.6 Å². The molecule has 1 heterocycles. The third-order valence-corrected chi connectivity index (χ3v) is 3.71. The number of rotatable bonds is 0. The molecule has 5 heteroatoms. The molecule has 4 nitrogen and oxygen atoms in total. The zero-order valence-electron chi connectivity index (χ0n) is 8.20. The lowest BCUT2D eigenvalue weighted by Gasteiger charge is -2.04. The SMILES string of the molecule is Nc1nc2c(N)c(I)c3ccccc3c2o1. The third kappa shape index (κ3) is 1.18. The van der Waals surface area contributed by atoms with Crippen LogP contribution in [0.5, 0.6) is 0 Å². The molecule has 0 fully saturated rings. The van der Waals surface area contributed by atoms with Crippen LogP contribution in [0, 0.1) is 3.57 Å². The normalized spacial score (nSPS) is 11.3. The Kier molecular flexibility index (Phi) is 1.97. The molecule has 0 unspecified atom stereocenters. The fourth-order valence-electron chi connectivity index (χ4n) is 1.82. The molecule has 0 aliphatic carbocycles. The lowest BCUT2D eigenvalue weighted by molar-refractivity contribution is 0.629. The van der Waals surface area contributed by atoms with Crippen LogP contribution in [0.2, 0.25) is 0 Å². The van der Waals surface area contributed by atoms with Crippen molar-refractivity contribution in [3.8, 4) is 0 Å². The van der Waals surface area contributed by atoms with Gasteiger partial charge in [0.1, 0.15) is 5.52 Å². The van der Waals surface area contributed by atoms with Gasteiger partial charge in [-0.15, -0.1) is 0 Å². The highest BCUT2D eigenvalue weighted by atomic mass is 127. The molecule has 80 valence electrons. The first-order valence-electron chi connectivity index (χ1n) is 4.70. The number of nitrogens with two attached hydrogens (primary N) is 2. The predicted molar refractivity (Wildman–Crippen MR) is 73.1 cm³/mol. The maximum Gasteiger partial charge on any atom is 0.293 e. The van der Waals surface area contributed by atoms with Gasteiger partial charge in [-0.2, -0.15) is 4.98 Å². The zero-order chi connectivity index (χ0) is 11.3. The van der Waals surface area contributed by atoms with Crippen molar-refractivity contribution in [2.45, 2.75) is 0 Å². The number of hydrogen-bond acceptors (Lipinski definition) is 4. The summed E-state index contributed by atoms with van der Waals surface area (Å²) in [6.45, 7) is 0. The Morgan fingerprint density at radius 3 is 2.56 bits per heavy atom. The fraction of sp³-hybridized carbons (Fsp3) is 0. The summed E-state index contributed by atoms with van der Waals surface area (Å²) in [6, 6.07) is 8.05. The topological polar surface area (TPSA) is 78.1 Å². The number of benzene rings is 2. The molecule has 0 saturated carbocycles. The highest BCUT2D eigenvalue weighted by Crippen LogP contribution is 2.35. The Morgan fingerprint density at radius 2 is 1.81 bits per heavy atom. The van der Waals surface area contributed by atoms with Crippen LogP contribution >= 0.6 is 22.6 Å². The molecule has 1 aromatic heterocycles. The average molecular weight is 325 g/mol. The largest absolute Gasteiger partial charge is 0.423 e. The Balaban J connectivity index is 2.67. The van der Waals surface area contributed by atoms with Crippen LogP contribution in [0.4, 0.5) is 11.7 Å². The van der Waals surface area contributed by atoms with Crippen LogP contribution in [0.25, 0.3) is 21.9 Å². The molecule has 2 aromatic carbocycles. The van der Waals surface area contributed by atoms with Crippen LogP contribution in [0.1, 0.15) is 0 Å². The smallest absolute Gasteiger partial charge is 0.293 e. The zero-order valence-corrected chi connectivity index (χ0v) is 10.4. The molecule has 0 bridgehead atoms. The molecule has 16 heavy (non-hydrogen) atoms. The Bertz CT molecular complexity index is 705. The van der Waals surface area contributed by atoms with E-state index in [1.807, 2.05) is 24.3 Å². The van der Waals surface area contributed by atoms with Crippen molar-refractivity contribution >= 4 is 56.2 Å². The molecule has 0 saturated heterocycles. The van der Waals surface area contributed by atoms with Crippen molar-refractivity contribution < 1.29 is 4.42 Å². The lowest BCUT2D eigenvalue weighted by Crippen LogP contribution is -1.93. The van der Waals surface area contributed by atoms with E-state index in [1.54, 1.807) is 0 Å². The molecule has 3 aromatic rings. The molecule has 0 aliphatic heterocycles. The molecule has 0 amide bonds. The minimum atomic E-state index is 0.147. The van der Waals surface area contributed by atoms with E-state index in [0.717, 1.165) is 14.3 Å². The number of aromatic nitrogens is 1.